The smallest absolute Gasteiger partial charge is 0.136 e. The molecule has 0 spiro atoms. The molecule has 0 radical (unpaired) electrons. The Morgan fingerprint density at radius 1 is 1.03 bits per heavy atom. The number of aromatic nitrogens is 2. The summed E-state index contributed by atoms with van der Waals surface area (Å²) in [5.41, 5.74) is 3.81. The zero-order chi connectivity index (χ0) is 21.8. The number of piperidine rings is 1. The molecule has 6 nitrogen and oxygen atoms in total. The van der Waals surface area contributed by atoms with E-state index in [1.54, 1.807) is 0 Å². The zero-order valence-corrected chi connectivity index (χ0v) is 18.6. The van der Waals surface area contributed by atoms with Gasteiger partial charge in [-0.3, -0.25) is 9.80 Å². The van der Waals surface area contributed by atoms with Gasteiger partial charge in [-0.2, -0.15) is 0 Å². The number of benzene rings is 1. The molecule has 1 fully saturated rings. The second kappa shape index (κ2) is 9.86. The molecule has 2 aromatic heterocycles. The van der Waals surface area contributed by atoms with Crippen molar-refractivity contribution in [3.05, 3.63) is 77.7 Å². The summed E-state index contributed by atoms with van der Waals surface area (Å²) in [6, 6.07) is 16.9. The van der Waals surface area contributed by atoms with E-state index in [0.717, 1.165) is 57.3 Å². The molecule has 0 saturated carbocycles. The fourth-order valence-corrected chi connectivity index (χ4v) is 4.93. The van der Waals surface area contributed by atoms with E-state index in [2.05, 4.69) is 55.9 Å². The standard InChI is InChI=1S/C26H32N4O2/c31-20-22-5-3-11-28(17-22)16-21-8-9-25-23(15-21)18-29(13-14-32-25)19-24-6-4-12-30(24)26-7-1-2-10-27-26/h1-2,4,6-10,12,15,22,31H,3,5,11,13-14,16-20H2. The van der Waals surface area contributed by atoms with Gasteiger partial charge in [-0.05, 0) is 67.3 Å². The normalized spacial score (nSPS) is 19.8. The third-order valence-corrected chi connectivity index (χ3v) is 6.57. The number of hydrogen-bond acceptors (Lipinski definition) is 5. The van der Waals surface area contributed by atoms with Crippen molar-refractivity contribution in [2.75, 3.05) is 32.8 Å². The van der Waals surface area contributed by atoms with Crippen LogP contribution in [-0.4, -0.2) is 57.3 Å². The van der Waals surface area contributed by atoms with Gasteiger partial charge >= 0.3 is 0 Å². The summed E-state index contributed by atoms with van der Waals surface area (Å²) in [6.07, 6.45) is 6.22. The first-order chi connectivity index (χ1) is 15.8. The van der Waals surface area contributed by atoms with Gasteiger partial charge in [-0.1, -0.05) is 12.1 Å². The molecule has 4 heterocycles. The van der Waals surface area contributed by atoms with E-state index in [1.807, 2.05) is 24.4 Å². The van der Waals surface area contributed by atoms with E-state index in [4.69, 9.17) is 4.74 Å². The SMILES string of the molecule is OCC1CCCN(Cc2ccc3c(c2)CN(Cc2cccn2-c2ccccn2)CCO3)C1. The minimum atomic E-state index is 0.295. The summed E-state index contributed by atoms with van der Waals surface area (Å²) >= 11 is 0. The van der Waals surface area contributed by atoms with Crippen molar-refractivity contribution < 1.29 is 9.84 Å². The molecular formula is C26H32N4O2. The predicted molar refractivity (Wildman–Crippen MR) is 125 cm³/mol. The second-order valence-electron chi connectivity index (χ2n) is 8.98. The van der Waals surface area contributed by atoms with Crippen molar-refractivity contribution in [2.45, 2.75) is 32.5 Å². The van der Waals surface area contributed by atoms with Crippen LogP contribution in [0.5, 0.6) is 5.75 Å². The molecule has 2 aliphatic rings. The van der Waals surface area contributed by atoms with Crippen molar-refractivity contribution in [2.24, 2.45) is 5.92 Å². The molecule has 0 bridgehead atoms. The van der Waals surface area contributed by atoms with Crippen LogP contribution in [0.1, 0.15) is 29.7 Å². The summed E-state index contributed by atoms with van der Waals surface area (Å²) < 4.78 is 8.25. The molecule has 0 aliphatic carbocycles. The maximum Gasteiger partial charge on any atom is 0.136 e. The van der Waals surface area contributed by atoms with Crippen LogP contribution in [0.3, 0.4) is 0 Å². The van der Waals surface area contributed by atoms with E-state index in [1.165, 1.54) is 23.2 Å². The first kappa shape index (κ1) is 21.2. The molecule has 3 aromatic rings. The maximum absolute atomic E-state index is 9.54. The minimum Gasteiger partial charge on any atom is -0.492 e. The largest absolute Gasteiger partial charge is 0.492 e. The lowest BCUT2D eigenvalue weighted by atomic mass is 9.98. The third-order valence-electron chi connectivity index (χ3n) is 6.57. The molecule has 2 aliphatic heterocycles. The van der Waals surface area contributed by atoms with E-state index in [0.29, 0.717) is 19.1 Å². The van der Waals surface area contributed by atoms with Gasteiger partial charge in [0, 0.05) is 63.0 Å². The topological polar surface area (TPSA) is 53.8 Å². The van der Waals surface area contributed by atoms with E-state index >= 15 is 0 Å². The van der Waals surface area contributed by atoms with Crippen molar-refractivity contribution in [3.8, 4) is 11.6 Å². The summed E-state index contributed by atoms with van der Waals surface area (Å²) in [5, 5.41) is 9.54. The Morgan fingerprint density at radius 2 is 2.00 bits per heavy atom. The highest BCUT2D eigenvalue weighted by Crippen LogP contribution is 2.27. The number of likely N-dealkylation sites (tertiary alicyclic amines) is 1. The maximum atomic E-state index is 9.54. The Balaban J connectivity index is 1.29. The van der Waals surface area contributed by atoms with Crippen LogP contribution >= 0.6 is 0 Å². The van der Waals surface area contributed by atoms with Gasteiger partial charge in [-0.15, -0.1) is 0 Å². The first-order valence-electron chi connectivity index (χ1n) is 11.7. The molecule has 0 amide bonds. The van der Waals surface area contributed by atoms with Crippen molar-refractivity contribution in [1.29, 1.82) is 0 Å². The predicted octanol–water partition coefficient (Wildman–Crippen LogP) is 3.47. The summed E-state index contributed by atoms with van der Waals surface area (Å²) in [5.74, 6) is 2.37. The van der Waals surface area contributed by atoms with E-state index in [-0.39, 0.29) is 0 Å². The number of ether oxygens (including phenoxy) is 1. The molecule has 1 saturated heterocycles. The van der Waals surface area contributed by atoms with Gasteiger partial charge in [0.2, 0.25) is 0 Å². The molecule has 5 rings (SSSR count). The van der Waals surface area contributed by atoms with Crippen LogP contribution < -0.4 is 4.74 Å². The fraction of sp³-hybridized carbons (Fsp3) is 0.423. The number of pyridine rings is 1. The highest BCUT2D eigenvalue weighted by atomic mass is 16.5. The van der Waals surface area contributed by atoms with Crippen LogP contribution in [0.15, 0.2) is 60.9 Å². The van der Waals surface area contributed by atoms with Gasteiger partial charge < -0.3 is 14.4 Å². The molecule has 32 heavy (non-hydrogen) atoms. The van der Waals surface area contributed by atoms with Gasteiger partial charge in [-0.25, -0.2) is 4.98 Å². The Hall–Kier alpha value is -2.67. The van der Waals surface area contributed by atoms with Crippen LogP contribution in [0.25, 0.3) is 5.82 Å². The molecule has 1 aromatic carbocycles. The number of aliphatic hydroxyl groups excluding tert-OH is 1. The lowest BCUT2D eigenvalue weighted by molar-refractivity contribution is 0.116. The molecule has 1 atom stereocenters. The number of nitrogens with zero attached hydrogens (tertiary/aromatic N) is 4. The van der Waals surface area contributed by atoms with Crippen molar-refractivity contribution in [1.82, 2.24) is 19.4 Å². The fourth-order valence-electron chi connectivity index (χ4n) is 4.93. The number of rotatable bonds is 6. The van der Waals surface area contributed by atoms with Crippen LogP contribution in [0, 0.1) is 5.92 Å². The monoisotopic (exact) mass is 432 g/mol. The molecule has 1 unspecified atom stereocenters. The van der Waals surface area contributed by atoms with E-state index < -0.39 is 0 Å². The highest BCUT2D eigenvalue weighted by molar-refractivity contribution is 5.38. The Bertz CT molecular complexity index is 1020. The average Bonchev–Trinajstić information content (AvgIpc) is 3.19. The summed E-state index contributed by atoms with van der Waals surface area (Å²) in [4.78, 5) is 9.43. The minimum absolute atomic E-state index is 0.295. The van der Waals surface area contributed by atoms with Crippen LogP contribution in [-0.2, 0) is 19.6 Å². The highest BCUT2D eigenvalue weighted by Gasteiger charge is 2.21. The molecular weight excluding hydrogens is 400 g/mol. The molecule has 6 heteroatoms. The third kappa shape index (κ3) is 4.88. The number of fused-ring (bicyclic) bond motifs is 1. The quantitative estimate of drug-likeness (QED) is 0.646. The van der Waals surface area contributed by atoms with Gasteiger partial charge in [0.1, 0.15) is 18.2 Å². The van der Waals surface area contributed by atoms with Crippen LogP contribution in [0.2, 0.25) is 0 Å². The average molecular weight is 433 g/mol. The number of aliphatic hydroxyl groups is 1. The Labute approximate surface area is 190 Å². The second-order valence-corrected chi connectivity index (χ2v) is 8.98. The van der Waals surface area contributed by atoms with Crippen molar-refractivity contribution in [3.63, 3.8) is 0 Å². The summed E-state index contributed by atoms with van der Waals surface area (Å²) in [6.45, 7) is 6.64. The van der Waals surface area contributed by atoms with E-state index in [9.17, 15) is 5.11 Å². The lowest BCUT2D eigenvalue weighted by Crippen LogP contribution is -2.36. The lowest BCUT2D eigenvalue weighted by Gasteiger charge is -2.32. The molecule has 168 valence electrons. The number of hydrogen-bond donors (Lipinski definition) is 1. The zero-order valence-electron chi connectivity index (χ0n) is 18.6. The Kier molecular flexibility index (Phi) is 6.53. The van der Waals surface area contributed by atoms with Gasteiger partial charge in [0.25, 0.3) is 0 Å². The van der Waals surface area contributed by atoms with Crippen LogP contribution in [0.4, 0.5) is 0 Å². The van der Waals surface area contributed by atoms with Gasteiger partial charge in [0.15, 0.2) is 0 Å². The Morgan fingerprint density at radius 3 is 2.88 bits per heavy atom. The first-order valence-corrected chi connectivity index (χ1v) is 11.7. The van der Waals surface area contributed by atoms with Gasteiger partial charge in [0.05, 0.1) is 0 Å². The summed E-state index contributed by atoms with van der Waals surface area (Å²) in [7, 11) is 0. The van der Waals surface area contributed by atoms with Crippen molar-refractivity contribution >= 4 is 0 Å². The molecule has 1 N–H and O–H groups in total.